The molecule has 29 heavy (non-hydrogen) atoms. The Labute approximate surface area is 175 Å². The molecule has 4 rings (SSSR count). The van der Waals surface area contributed by atoms with Gasteiger partial charge in [-0.1, -0.05) is 18.6 Å². The molecule has 2 aliphatic heterocycles. The number of nitrogens with zero attached hydrogens (tertiary/aromatic N) is 2. The molecule has 0 spiro atoms. The maximum atomic E-state index is 12.1. The number of rotatable bonds is 7. The molecule has 1 amide bonds. The van der Waals surface area contributed by atoms with Crippen LogP contribution in [-0.2, 0) is 9.53 Å². The second kappa shape index (κ2) is 9.94. The van der Waals surface area contributed by atoms with E-state index in [1.54, 1.807) is 7.11 Å². The van der Waals surface area contributed by atoms with Crippen molar-refractivity contribution in [3.63, 3.8) is 0 Å². The Morgan fingerprint density at radius 2 is 1.66 bits per heavy atom. The summed E-state index contributed by atoms with van der Waals surface area (Å²) in [6, 6.07) is 9.60. The van der Waals surface area contributed by atoms with Crippen molar-refractivity contribution in [3.05, 3.63) is 29.8 Å². The van der Waals surface area contributed by atoms with Crippen LogP contribution >= 0.6 is 0 Å². The Hall–Kier alpha value is -1.59. The first-order valence-corrected chi connectivity index (χ1v) is 11.5. The van der Waals surface area contributed by atoms with Crippen LogP contribution in [0.5, 0.6) is 5.75 Å². The smallest absolute Gasteiger partial charge is 0.224 e. The topological polar surface area (TPSA) is 42.0 Å². The molecule has 0 bridgehead atoms. The largest absolute Gasteiger partial charge is 0.490 e. The van der Waals surface area contributed by atoms with E-state index in [0.717, 1.165) is 50.6 Å². The van der Waals surface area contributed by atoms with Crippen molar-refractivity contribution in [2.45, 2.75) is 69.4 Å². The van der Waals surface area contributed by atoms with Gasteiger partial charge in [0.1, 0.15) is 11.9 Å². The van der Waals surface area contributed by atoms with Gasteiger partial charge in [0.05, 0.1) is 13.0 Å². The fourth-order valence-electron chi connectivity index (χ4n) is 4.93. The predicted molar refractivity (Wildman–Crippen MR) is 114 cm³/mol. The van der Waals surface area contributed by atoms with Gasteiger partial charge in [-0.25, -0.2) is 0 Å². The molecule has 1 aliphatic carbocycles. The highest BCUT2D eigenvalue weighted by molar-refractivity contribution is 5.76. The zero-order valence-corrected chi connectivity index (χ0v) is 17.9. The number of ether oxygens (including phenoxy) is 2. The number of benzene rings is 1. The minimum atomic E-state index is 0.220. The summed E-state index contributed by atoms with van der Waals surface area (Å²) in [5, 5.41) is 0. The third-order valence-corrected chi connectivity index (χ3v) is 7.09. The third kappa shape index (κ3) is 5.32. The van der Waals surface area contributed by atoms with Gasteiger partial charge in [0.2, 0.25) is 5.91 Å². The Kier molecular flexibility index (Phi) is 7.09. The quantitative estimate of drug-likeness (QED) is 0.698. The van der Waals surface area contributed by atoms with E-state index in [1.807, 2.05) is 4.90 Å². The maximum Gasteiger partial charge on any atom is 0.224 e. The fourth-order valence-corrected chi connectivity index (χ4v) is 4.93. The minimum Gasteiger partial charge on any atom is -0.490 e. The monoisotopic (exact) mass is 400 g/mol. The van der Waals surface area contributed by atoms with Gasteiger partial charge in [0, 0.05) is 39.3 Å². The zero-order valence-electron chi connectivity index (χ0n) is 17.9. The van der Waals surface area contributed by atoms with Crippen molar-refractivity contribution in [2.24, 2.45) is 0 Å². The van der Waals surface area contributed by atoms with Gasteiger partial charge in [-0.2, -0.15) is 0 Å². The van der Waals surface area contributed by atoms with Gasteiger partial charge in [0.25, 0.3) is 0 Å². The van der Waals surface area contributed by atoms with Crippen molar-refractivity contribution >= 4 is 5.91 Å². The molecule has 5 nitrogen and oxygen atoms in total. The number of hydrogen-bond donors (Lipinski definition) is 0. The van der Waals surface area contributed by atoms with Crippen LogP contribution in [0.3, 0.4) is 0 Å². The molecule has 1 aromatic rings. The maximum absolute atomic E-state index is 12.1. The Balaban J connectivity index is 1.21. The highest BCUT2D eigenvalue weighted by Gasteiger charge is 2.29. The van der Waals surface area contributed by atoms with E-state index in [9.17, 15) is 4.79 Å². The predicted octanol–water partition coefficient (Wildman–Crippen LogP) is 3.82. The van der Waals surface area contributed by atoms with Crippen LogP contribution in [0.25, 0.3) is 0 Å². The molecule has 5 heteroatoms. The number of carbonyl (C=O) groups is 1. The van der Waals surface area contributed by atoms with E-state index in [2.05, 4.69) is 29.2 Å². The van der Waals surface area contributed by atoms with Gasteiger partial charge >= 0.3 is 0 Å². The second-order valence-corrected chi connectivity index (χ2v) is 8.90. The summed E-state index contributed by atoms with van der Waals surface area (Å²) < 4.78 is 11.3. The van der Waals surface area contributed by atoms with Crippen LogP contribution in [0, 0.1) is 0 Å². The van der Waals surface area contributed by atoms with E-state index in [-0.39, 0.29) is 5.91 Å². The van der Waals surface area contributed by atoms with Crippen molar-refractivity contribution in [1.82, 2.24) is 9.80 Å². The Bertz CT molecular complexity index is 643. The number of carbonyl (C=O) groups excluding carboxylic acids is 1. The van der Waals surface area contributed by atoms with Crippen LogP contribution in [-0.4, -0.2) is 67.7 Å². The molecular weight excluding hydrogens is 364 g/mol. The lowest BCUT2D eigenvalue weighted by Gasteiger charge is -2.41. The summed E-state index contributed by atoms with van der Waals surface area (Å²) in [7, 11) is 1.64. The first-order chi connectivity index (χ1) is 14.2. The molecule has 2 saturated heterocycles. The molecule has 0 atom stereocenters. The number of amides is 1. The van der Waals surface area contributed by atoms with E-state index >= 15 is 0 Å². The molecular formula is C24H36N2O3. The first kappa shape index (κ1) is 20.7. The molecule has 0 N–H and O–H groups in total. The lowest BCUT2D eigenvalue weighted by atomic mass is 9.89. The van der Waals surface area contributed by atoms with Crippen LogP contribution < -0.4 is 4.74 Å². The van der Waals surface area contributed by atoms with Crippen LogP contribution in [0.2, 0.25) is 0 Å². The van der Waals surface area contributed by atoms with E-state index < -0.39 is 0 Å². The number of hydrogen-bond acceptors (Lipinski definition) is 4. The average molecular weight is 401 g/mol. The first-order valence-electron chi connectivity index (χ1n) is 11.5. The zero-order chi connectivity index (χ0) is 20.1. The lowest BCUT2D eigenvalue weighted by Crippen LogP contribution is -2.46. The van der Waals surface area contributed by atoms with Gasteiger partial charge in [0.15, 0.2) is 0 Å². The summed E-state index contributed by atoms with van der Waals surface area (Å²) >= 11 is 0. The summed E-state index contributed by atoms with van der Waals surface area (Å²) in [4.78, 5) is 16.8. The number of piperidine rings is 2. The molecule has 1 saturated carbocycles. The third-order valence-electron chi connectivity index (χ3n) is 7.09. The Morgan fingerprint density at radius 1 is 0.966 bits per heavy atom. The highest BCUT2D eigenvalue weighted by atomic mass is 16.5. The standard InChI is InChI=1S/C24H36N2O3/c1-28-18-13-24(27)26-14-9-20(10-15-26)19-5-7-22(8-6-19)29-23-11-16-25(17-12-23)21-3-2-4-21/h5-8,20-21,23H,2-4,9-18H2,1H3. The van der Waals surface area contributed by atoms with Crippen molar-refractivity contribution in [2.75, 3.05) is 39.9 Å². The summed E-state index contributed by atoms with van der Waals surface area (Å²) in [6.07, 6.45) is 9.43. The van der Waals surface area contributed by atoms with Gasteiger partial charge in [-0.05, 0) is 62.1 Å². The normalized spacial score (nSPS) is 22.4. The van der Waals surface area contributed by atoms with E-state index in [4.69, 9.17) is 9.47 Å². The molecule has 160 valence electrons. The SMILES string of the molecule is COCCC(=O)N1CCC(c2ccc(OC3CCN(C4CCC4)CC3)cc2)CC1. The van der Waals surface area contributed by atoms with Crippen LogP contribution in [0.4, 0.5) is 0 Å². The summed E-state index contributed by atoms with van der Waals surface area (Å²) in [6.45, 7) is 4.60. The van der Waals surface area contributed by atoms with E-state index in [1.165, 1.54) is 37.9 Å². The lowest BCUT2D eigenvalue weighted by molar-refractivity contribution is -0.133. The highest BCUT2D eigenvalue weighted by Crippen LogP contribution is 2.31. The van der Waals surface area contributed by atoms with Crippen molar-refractivity contribution in [3.8, 4) is 5.75 Å². The Morgan fingerprint density at radius 3 is 2.24 bits per heavy atom. The van der Waals surface area contributed by atoms with Crippen LogP contribution in [0.1, 0.15) is 62.8 Å². The van der Waals surface area contributed by atoms with Gasteiger partial charge < -0.3 is 19.3 Å². The molecule has 0 aromatic heterocycles. The van der Waals surface area contributed by atoms with Gasteiger partial charge in [-0.15, -0.1) is 0 Å². The van der Waals surface area contributed by atoms with Crippen molar-refractivity contribution < 1.29 is 14.3 Å². The number of likely N-dealkylation sites (tertiary alicyclic amines) is 2. The minimum absolute atomic E-state index is 0.220. The van der Waals surface area contributed by atoms with Crippen molar-refractivity contribution in [1.29, 1.82) is 0 Å². The number of methoxy groups -OCH3 is 1. The van der Waals surface area contributed by atoms with Gasteiger partial charge in [-0.3, -0.25) is 4.79 Å². The molecule has 0 unspecified atom stereocenters. The summed E-state index contributed by atoms with van der Waals surface area (Å²) in [5.41, 5.74) is 1.38. The summed E-state index contributed by atoms with van der Waals surface area (Å²) in [5.74, 6) is 1.77. The molecule has 0 radical (unpaired) electrons. The molecule has 1 aromatic carbocycles. The molecule has 3 aliphatic rings. The van der Waals surface area contributed by atoms with E-state index in [0.29, 0.717) is 25.0 Å². The molecule has 3 fully saturated rings. The second-order valence-electron chi connectivity index (χ2n) is 8.90. The average Bonchev–Trinajstić information content (AvgIpc) is 2.73. The molecule has 2 heterocycles. The van der Waals surface area contributed by atoms with Crippen LogP contribution in [0.15, 0.2) is 24.3 Å². The fraction of sp³-hybridized carbons (Fsp3) is 0.708.